The van der Waals surface area contributed by atoms with E-state index >= 15 is 0 Å². The van der Waals surface area contributed by atoms with Gasteiger partial charge in [0, 0.05) is 5.02 Å². The van der Waals surface area contributed by atoms with Gasteiger partial charge in [0.2, 0.25) is 15.9 Å². The van der Waals surface area contributed by atoms with Crippen molar-refractivity contribution in [2.24, 2.45) is 0 Å². The Morgan fingerprint density at radius 3 is 2.33 bits per heavy atom. The van der Waals surface area contributed by atoms with Crippen molar-refractivity contribution in [1.82, 2.24) is 0 Å². The molecule has 162 valence electrons. The predicted molar refractivity (Wildman–Crippen MR) is 119 cm³/mol. The summed E-state index contributed by atoms with van der Waals surface area (Å²) < 4.78 is 30.6. The Bertz CT molecular complexity index is 1080. The Kier molecular flexibility index (Phi) is 7.99. The molecule has 0 spiro atoms. The van der Waals surface area contributed by atoms with Crippen LogP contribution in [0, 0.1) is 0 Å². The molecule has 0 aliphatic heterocycles. The summed E-state index contributed by atoms with van der Waals surface area (Å²) in [5, 5.41) is 3.02. The van der Waals surface area contributed by atoms with Gasteiger partial charge in [0.1, 0.15) is 6.04 Å². The van der Waals surface area contributed by atoms with Crippen LogP contribution in [0.3, 0.4) is 0 Å². The molecule has 7 nitrogen and oxygen atoms in total. The zero-order valence-electron chi connectivity index (χ0n) is 16.3. The Morgan fingerprint density at radius 1 is 1.10 bits per heavy atom. The van der Waals surface area contributed by atoms with Crippen LogP contribution in [0.4, 0.5) is 11.4 Å². The number of rotatable bonds is 7. The van der Waals surface area contributed by atoms with Crippen molar-refractivity contribution in [3.8, 4) is 0 Å². The molecule has 0 aliphatic rings. The third-order valence-corrected chi connectivity index (χ3v) is 6.07. The predicted octanol–water partition coefficient (Wildman–Crippen LogP) is 4.62. The standard InChI is InChI=1S/C19H19Cl3N2O5S/c1-4-29-19(26)12-5-8-16(15(22)9-12)23-18(25)11(2)24(30(3,27)28)17-10-13(20)6-7-14(17)21/h5-11H,4H2,1-3H3,(H,23,25)/t11-/m0/s1. The van der Waals surface area contributed by atoms with Crippen molar-refractivity contribution < 1.29 is 22.7 Å². The Balaban J connectivity index is 2.32. The van der Waals surface area contributed by atoms with Crippen LogP contribution < -0.4 is 9.62 Å². The molecule has 1 amide bonds. The third-order valence-electron chi connectivity index (χ3n) is 3.97. The maximum atomic E-state index is 12.8. The van der Waals surface area contributed by atoms with E-state index in [1.165, 1.54) is 43.3 Å². The van der Waals surface area contributed by atoms with E-state index in [4.69, 9.17) is 39.5 Å². The van der Waals surface area contributed by atoms with Crippen LogP contribution >= 0.6 is 34.8 Å². The molecule has 2 aromatic rings. The van der Waals surface area contributed by atoms with Crippen LogP contribution in [0.2, 0.25) is 15.1 Å². The van der Waals surface area contributed by atoms with Gasteiger partial charge in [0.15, 0.2) is 0 Å². The molecule has 0 saturated carbocycles. The lowest BCUT2D eigenvalue weighted by atomic mass is 10.2. The van der Waals surface area contributed by atoms with Crippen molar-refractivity contribution in [2.45, 2.75) is 19.9 Å². The molecule has 0 unspecified atom stereocenters. The highest BCUT2D eigenvalue weighted by atomic mass is 35.5. The summed E-state index contributed by atoms with van der Waals surface area (Å²) in [6, 6.07) is 7.33. The number of amides is 1. The summed E-state index contributed by atoms with van der Waals surface area (Å²) in [6.07, 6.45) is 0.954. The van der Waals surface area contributed by atoms with Gasteiger partial charge in [-0.05, 0) is 50.2 Å². The number of nitrogens with one attached hydrogen (secondary N) is 1. The van der Waals surface area contributed by atoms with E-state index in [-0.39, 0.29) is 38.6 Å². The Labute approximate surface area is 189 Å². The Morgan fingerprint density at radius 2 is 1.77 bits per heavy atom. The zero-order chi connectivity index (χ0) is 22.6. The first-order valence-electron chi connectivity index (χ1n) is 8.67. The van der Waals surface area contributed by atoms with E-state index in [0.717, 1.165) is 10.6 Å². The average molecular weight is 494 g/mol. The van der Waals surface area contributed by atoms with Gasteiger partial charge in [0.05, 0.1) is 39.8 Å². The summed E-state index contributed by atoms with van der Waals surface area (Å²) in [7, 11) is -3.89. The highest BCUT2D eigenvalue weighted by Gasteiger charge is 2.31. The molecule has 0 aromatic heterocycles. The monoisotopic (exact) mass is 492 g/mol. The fourth-order valence-electron chi connectivity index (χ4n) is 2.63. The number of ether oxygens (including phenoxy) is 1. The maximum Gasteiger partial charge on any atom is 0.338 e. The number of nitrogens with zero attached hydrogens (tertiary/aromatic N) is 1. The lowest BCUT2D eigenvalue weighted by Crippen LogP contribution is -2.45. The number of benzene rings is 2. The van der Waals surface area contributed by atoms with Gasteiger partial charge in [-0.15, -0.1) is 0 Å². The molecule has 0 saturated heterocycles. The average Bonchev–Trinajstić information content (AvgIpc) is 2.65. The van der Waals surface area contributed by atoms with Crippen LogP contribution in [-0.2, 0) is 19.6 Å². The molecule has 0 bridgehead atoms. The van der Waals surface area contributed by atoms with Crippen molar-refractivity contribution in [1.29, 1.82) is 0 Å². The number of halogens is 3. The zero-order valence-corrected chi connectivity index (χ0v) is 19.4. The van der Waals surface area contributed by atoms with E-state index in [9.17, 15) is 18.0 Å². The quantitative estimate of drug-likeness (QED) is 0.568. The van der Waals surface area contributed by atoms with Crippen molar-refractivity contribution in [3.63, 3.8) is 0 Å². The Hall–Kier alpha value is -2.00. The second-order valence-electron chi connectivity index (χ2n) is 6.23. The van der Waals surface area contributed by atoms with Gasteiger partial charge < -0.3 is 10.1 Å². The minimum atomic E-state index is -3.89. The number of hydrogen-bond acceptors (Lipinski definition) is 5. The molecule has 1 atom stereocenters. The highest BCUT2D eigenvalue weighted by Crippen LogP contribution is 2.32. The normalized spacial score (nSPS) is 12.2. The van der Waals surface area contributed by atoms with E-state index in [2.05, 4.69) is 5.32 Å². The maximum absolute atomic E-state index is 12.8. The first-order valence-corrected chi connectivity index (χ1v) is 11.7. The molecule has 30 heavy (non-hydrogen) atoms. The van der Waals surface area contributed by atoms with Gasteiger partial charge in [-0.3, -0.25) is 9.10 Å². The smallest absolute Gasteiger partial charge is 0.338 e. The van der Waals surface area contributed by atoms with Crippen LogP contribution in [-0.4, -0.2) is 39.2 Å². The topological polar surface area (TPSA) is 92.8 Å². The fourth-order valence-corrected chi connectivity index (χ4v) is 4.46. The number of hydrogen-bond donors (Lipinski definition) is 1. The molecule has 1 N–H and O–H groups in total. The second kappa shape index (κ2) is 9.87. The highest BCUT2D eigenvalue weighted by molar-refractivity contribution is 7.92. The lowest BCUT2D eigenvalue weighted by Gasteiger charge is -2.29. The van der Waals surface area contributed by atoms with E-state index in [1.807, 2.05) is 0 Å². The molecule has 0 radical (unpaired) electrons. The van der Waals surface area contributed by atoms with Gasteiger partial charge in [-0.1, -0.05) is 34.8 Å². The molecule has 11 heteroatoms. The fraction of sp³-hybridized carbons (Fsp3) is 0.263. The van der Waals surface area contributed by atoms with Crippen LogP contribution in [0.5, 0.6) is 0 Å². The van der Waals surface area contributed by atoms with Gasteiger partial charge in [-0.25, -0.2) is 13.2 Å². The summed E-state index contributed by atoms with van der Waals surface area (Å²) in [6.45, 7) is 3.28. The molecule has 0 aliphatic carbocycles. The number of esters is 1. The summed E-state index contributed by atoms with van der Waals surface area (Å²) >= 11 is 18.3. The van der Waals surface area contributed by atoms with E-state index in [1.54, 1.807) is 6.92 Å². The van der Waals surface area contributed by atoms with Crippen LogP contribution in [0.15, 0.2) is 36.4 Å². The number of anilines is 2. The summed E-state index contributed by atoms with van der Waals surface area (Å²) in [5.41, 5.74) is 0.488. The lowest BCUT2D eigenvalue weighted by molar-refractivity contribution is -0.116. The molecule has 2 aromatic carbocycles. The summed E-state index contributed by atoms with van der Waals surface area (Å²) in [4.78, 5) is 24.6. The van der Waals surface area contributed by atoms with E-state index < -0.39 is 27.9 Å². The summed E-state index contributed by atoms with van der Waals surface area (Å²) in [5.74, 6) is -1.22. The largest absolute Gasteiger partial charge is 0.462 e. The van der Waals surface area contributed by atoms with Crippen molar-refractivity contribution >= 4 is 68.1 Å². The van der Waals surface area contributed by atoms with Crippen molar-refractivity contribution in [2.75, 3.05) is 22.5 Å². The van der Waals surface area contributed by atoms with Gasteiger partial charge in [0.25, 0.3) is 0 Å². The second-order valence-corrected chi connectivity index (χ2v) is 9.35. The first-order chi connectivity index (χ1) is 14.0. The number of carbonyl (C=O) groups excluding carboxylic acids is 2. The molecular formula is C19H19Cl3N2O5S. The van der Waals surface area contributed by atoms with Crippen LogP contribution in [0.1, 0.15) is 24.2 Å². The minimum absolute atomic E-state index is 0.0677. The van der Waals surface area contributed by atoms with E-state index in [0.29, 0.717) is 0 Å². The van der Waals surface area contributed by atoms with Crippen molar-refractivity contribution in [3.05, 3.63) is 57.0 Å². The molecule has 2 rings (SSSR count). The van der Waals surface area contributed by atoms with Crippen LogP contribution in [0.25, 0.3) is 0 Å². The molecular weight excluding hydrogens is 475 g/mol. The number of sulfonamides is 1. The number of carbonyl (C=O) groups is 2. The SMILES string of the molecule is CCOC(=O)c1ccc(NC(=O)[C@H](C)N(c2cc(Cl)ccc2Cl)S(C)(=O)=O)c(Cl)c1. The third kappa shape index (κ3) is 5.78. The molecule has 0 fully saturated rings. The first kappa shape index (κ1) is 24.3. The molecule has 0 heterocycles. The minimum Gasteiger partial charge on any atom is -0.462 e. The van der Waals surface area contributed by atoms with Gasteiger partial charge in [-0.2, -0.15) is 0 Å². The van der Waals surface area contributed by atoms with Gasteiger partial charge >= 0.3 is 5.97 Å².